The number of hydrogen-bond donors (Lipinski definition) is 1. The molecule has 0 amide bonds. The van der Waals surface area contributed by atoms with Crippen LogP contribution in [0.5, 0.6) is 0 Å². The Morgan fingerprint density at radius 2 is 1.17 bits per heavy atom. The standard InChI is InChI=1S/C17H20O/c1-13(2)16(14-9-5-3-6-10-14)17(18)15-11-7-4-8-12-15/h3-13,16-18H,1-2H3/t16-,17?/m1/s1. The maximum Gasteiger partial charge on any atom is 0.0860 e. The lowest BCUT2D eigenvalue weighted by molar-refractivity contribution is 0.123. The first-order chi connectivity index (χ1) is 8.70. The third-order valence-corrected chi connectivity index (χ3v) is 3.38. The van der Waals surface area contributed by atoms with Crippen molar-refractivity contribution in [3.63, 3.8) is 0 Å². The van der Waals surface area contributed by atoms with Crippen LogP contribution in [0.4, 0.5) is 0 Å². The molecule has 2 rings (SSSR count). The van der Waals surface area contributed by atoms with Gasteiger partial charge in [0, 0.05) is 5.92 Å². The summed E-state index contributed by atoms with van der Waals surface area (Å²) in [5, 5.41) is 10.6. The molecule has 0 heterocycles. The van der Waals surface area contributed by atoms with E-state index in [9.17, 15) is 5.11 Å². The Morgan fingerprint density at radius 1 is 0.722 bits per heavy atom. The van der Waals surface area contributed by atoms with Gasteiger partial charge in [0.25, 0.3) is 0 Å². The van der Waals surface area contributed by atoms with Gasteiger partial charge in [0.2, 0.25) is 0 Å². The SMILES string of the molecule is CC(C)[C@H](c1ccccc1)C(O)c1ccccc1. The van der Waals surface area contributed by atoms with Crippen LogP contribution in [0.1, 0.15) is 37.0 Å². The highest BCUT2D eigenvalue weighted by molar-refractivity contribution is 5.27. The van der Waals surface area contributed by atoms with E-state index in [-0.39, 0.29) is 5.92 Å². The zero-order chi connectivity index (χ0) is 13.0. The Balaban J connectivity index is 2.32. The minimum atomic E-state index is -0.450. The van der Waals surface area contributed by atoms with Gasteiger partial charge in [-0.05, 0) is 17.0 Å². The van der Waals surface area contributed by atoms with E-state index in [1.54, 1.807) is 0 Å². The molecule has 94 valence electrons. The first kappa shape index (κ1) is 12.8. The van der Waals surface area contributed by atoms with Gasteiger partial charge >= 0.3 is 0 Å². The van der Waals surface area contributed by atoms with E-state index in [4.69, 9.17) is 0 Å². The molecule has 0 saturated heterocycles. The number of hydrogen-bond acceptors (Lipinski definition) is 1. The van der Waals surface area contributed by atoms with Crippen molar-refractivity contribution in [1.82, 2.24) is 0 Å². The fraction of sp³-hybridized carbons (Fsp3) is 0.294. The summed E-state index contributed by atoms with van der Waals surface area (Å²) >= 11 is 0. The molecule has 2 aromatic rings. The summed E-state index contributed by atoms with van der Waals surface area (Å²) in [6.07, 6.45) is -0.450. The largest absolute Gasteiger partial charge is 0.388 e. The molecule has 0 radical (unpaired) electrons. The molecule has 1 nitrogen and oxygen atoms in total. The van der Waals surface area contributed by atoms with Gasteiger partial charge in [-0.15, -0.1) is 0 Å². The first-order valence-electron chi connectivity index (χ1n) is 6.48. The van der Waals surface area contributed by atoms with Gasteiger partial charge in [-0.2, -0.15) is 0 Å². The van der Waals surface area contributed by atoms with Gasteiger partial charge in [0.15, 0.2) is 0 Å². The normalized spacial score (nSPS) is 14.4. The second kappa shape index (κ2) is 5.83. The lowest BCUT2D eigenvalue weighted by atomic mass is 9.81. The van der Waals surface area contributed by atoms with Crippen LogP contribution in [-0.4, -0.2) is 5.11 Å². The van der Waals surface area contributed by atoms with Crippen LogP contribution in [-0.2, 0) is 0 Å². The van der Waals surface area contributed by atoms with Crippen molar-refractivity contribution in [3.8, 4) is 0 Å². The Hall–Kier alpha value is -1.60. The average Bonchev–Trinajstić information content (AvgIpc) is 2.40. The second-order valence-corrected chi connectivity index (χ2v) is 5.04. The van der Waals surface area contributed by atoms with Gasteiger partial charge in [0.05, 0.1) is 6.10 Å². The third kappa shape index (κ3) is 2.80. The highest BCUT2D eigenvalue weighted by Gasteiger charge is 2.25. The minimum absolute atomic E-state index is 0.133. The van der Waals surface area contributed by atoms with Crippen LogP contribution in [0.2, 0.25) is 0 Å². The van der Waals surface area contributed by atoms with E-state index in [0.29, 0.717) is 5.92 Å². The minimum Gasteiger partial charge on any atom is -0.388 e. The predicted octanol–water partition coefficient (Wildman–Crippen LogP) is 4.16. The van der Waals surface area contributed by atoms with Crippen LogP contribution in [0, 0.1) is 5.92 Å². The lowest BCUT2D eigenvalue weighted by Gasteiger charge is -2.27. The molecule has 0 spiro atoms. The van der Waals surface area contributed by atoms with Crippen molar-refractivity contribution in [3.05, 3.63) is 71.8 Å². The molecule has 0 aliphatic carbocycles. The van der Waals surface area contributed by atoms with Gasteiger partial charge < -0.3 is 5.11 Å². The van der Waals surface area contributed by atoms with Crippen molar-refractivity contribution in [2.45, 2.75) is 25.9 Å². The summed E-state index contributed by atoms with van der Waals surface area (Å²) in [4.78, 5) is 0. The summed E-state index contributed by atoms with van der Waals surface area (Å²) in [7, 11) is 0. The molecule has 0 aliphatic heterocycles. The van der Waals surface area contributed by atoms with Crippen molar-refractivity contribution in [2.24, 2.45) is 5.92 Å². The molecule has 0 aliphatic rings. The van der Waals surface area contributed by atoms with Gasteiger partial charge in [-0.25, -0.2) is 0 Å². The van der Waals surface area contributed by atoms with Crippen molar-refractivity contribution < 1.29 is 5.11 Å². The van der Waals surface area contributed by atoms with Crippen molar-refractivity contribution in [2.75, 3.05) is 0 Å². The van der Waals surface area contributed by atoms with Crippen LogP contribution < -0.4 is 0 Å². The summed E-state index contributed by atoms with van der Waals surface area (Å²) < 4.78 is 0. The lowest BCUT2D eigenvalue weighted by Crippen LogP contribution is -2.16. The Labute approximate surface area is 109 Å². The summed E-state index contributed by atoms with van der Waals surface area (Å²) in [5.74, 6) is 0.524. The highest BCUT2D eigenvalue weighted by Crippen LogP contribution is 2.36. The number of aliphatic hydroxyl groups is 1. The fourth-order valence-corrected chi connectivity index (χ4v) is 2.46. The molecule has 0 bridgehead atoms. The molecule has 0 aromatic heterocycles. The smallest absolute Gasteiger partial charge is 0.0860 e. The molecule has 1 heteroatoms. The summed E-state index contributed by atoms with van der Waals surface area (Å²) in [6, 6.07) is 20.2. The Bertz CT molecular complexity index is 461. The fourth-order valence-electron chi connectivity index (χ4n) is 2.46. The molecule has 1 N–H and O–H groups in total. The van der Waals surface area contributed by atoms with Crippen LogP contribution >= 0.6 is 0 Å². The zero-order valence-electron chi connectivity index (χ0n) is 11.0. The maximum absolute atomic E-state index is 10.6. The van der Waals surface area contributed by atoms with E-state index >= 15 is 0 Å². The summed E-state index contributed by atoms with van der Waals surface area (Å²) in [5.41, 5.74) is 2.18. The van der Waals surface area contributed by atoms with E-state index in [1.807, 2.05) is 48.5 Å². The highest BCUT2D eigenvalue weighted by atomic mass is 16.3. The average molecular weight is 240 g/mol. The monoisotopic (exact) mass is 240 g/mol. The molecule has 1 unspecified atom stereocenters. The van der Waals surface area contributed by atoms with Gasteiger partial charge in [-0.1, -0.05) is 74.5 Å². The molecule has 2 atom stereocenters. The topological polar surface area (TPSA) is 20.2 Å². The van der Waals surface area contributed by atoms with E-state index in [1.165, 1.54) is 5.56 Å². The molecule has 2 aromatic carbocycles. The van der Waals surface area contributed by atoms with Crippen LogP contribution in [0.15, 0.2) is 60.7 Å². The quantitative estimate of drug-likeness (QED) is 0.850. The van der Waals surface area contributed by atoms with E-state index in [2.05, 4.69) is 26.0 Å². The second-order valence-electron chi connectivity index (χ2n) is 5.04. The Morgan fingerprint density at radius 3 is 1.61 bits per heavy atom. The first-order valence-corrected chi connectivity index (χ1v) is 6.48. The van der Waals surface area contributed by atoms with Gasteiger partial charge in [-0.3, -0.25) is 0 Å². The molecular formula is C17H20O. The number of benzene rings is 2. The Kier molecular flexibility index (Phi) is 4.16. The molecule has 0 saturated carbocycles. The maximum atomic E-state index is 10.6. The van der Waals surface area contributed by atoms with Crippen molar-refractivity contribution >= 4 is 0 Å². The zero-order valence-corrected chi connectivity index (χ0v) is 11.0. The molecule has 18 heavy (non-hydrogen) atoms. The van der Waals surface area contributed by atoms with Crippen LogP contribution in [0.3, 0.4) is 0 Å². The van der Waals surface area contributed by atoms with E-state index < -0.39 is 6.10 Å². The van der Waals surface area contributed by atoms with E-state index in [0.717, 1.165) is 5.56 Å². The molecular weight excluding hydrogens is 220 g/mol. The summed E-state index contributed by atoms with van der Waals surface area (Å²) in [6.45, 7) is 4.31. The van der Waals surface area contributed by atoms with Gasteiger partial charge in [0.1, 0.15) is 0 Å². The molecule has 0 fully saturated rings. The predicted molar refractivity (Wildman–Crippen MR) is 75.4 cm³/mol. The number of aliphatic hydroxyl groups excluding tert-OH is 1. The van der Waals surface area contributed by atoms with Crippen molar-refractivity contribution in [1.29, 1.82) is 0 Å². The van der Waals surface area contributed by atoms with Crippen LogP contribution in [0.25, 0.3) is 0 Å². The third-order valence-electron chi connectivity index (χ3n) is 3.38. The number of rotatable bonds is 4.